The monoisotopic (exact) mass is 297 g/mol. The molecule has 0 bridgehead atoms. The van der Waals surface area contributed by atoms with Gasteiger partial charge < -0.3 is 11.1 Å². The zero-order chi connectivity index (χ0) is 11.5. The maximum Gasteiger partial charge on any atom is 0.183 e. The predicted molar refractivity (Wildman–Crippen MR) is 70.2 cm³/mol. The molecular weight excluding hydrogens is 290 g/mol. The second-order valence-corrected chi connectivity index (χ2v) is 4.29. The molecule has 2 heterocycles. The summed E-state index contributed by atoms with van der Waals surface area (Å²) in [6.07, 6.45) is 6.63. The summed E-state index contributed by atoms with van der Waals surface area (Å²) in [7, 11) is 0. The Balaban J connectivity index is 2.21. The number of aromatic nitrogens is 3. The number of thiocarbonyl (C=S) groups is 1. The van der Waals surface area contributed by atoms with Crippen molar-refractivity contribution in [2.45, 2.75) is 0 Å². The number of anilines is 2. The Bertz CT molecular complexity index is 511. The fourth-order valence-corrected chi connectivity index (χ4v) is 1.66. The zero-order valence-corrected chi connectivity index (χ0v) is 10.5. The average molecular weight is 298 g/mol. The number of nitrogen functional groups attached to an aromatic ring is 1. The minimum atomic E-state index is 0.394. The van der Waals surface area contributed by atoms with Crippen LogP contribution in [0.4, 0.5) is 11.5 Å². The number of nitrogens with two attached hydrogens (primary N) is 1. The van der Waals surface area contributed by atoms with Crippen LogP contribution in [0.3, 0.4) is 0 Å². The van der Waals surface area contributed by atoms with E-state index < -0.39 is 0 Å². The first-order valence-corrected chi connectivity index (χ1v) is 5.57. The molecule has 0 aliphatic rings. The number of pyridine rings is 1. The van der Waals surface area contributed by atoms with Crippen molar-refractivity contribution in [1.29, 1.82) is 0 Å². The number of nitrogens with one attached hydrogen (secondary N) is 1. The lowest BCUT2D eigenvalue weighted by molar-refractivity contribution is 1.15. The molecule has 16 heavy (non-hydrogen) atoms. The molecule has 0 aliphatic carbocycles. The SMILES string of the molecule is Nc1ncc(Br)cc1NC(=S)n1ccnc1. The molecule has 0 fully saturated rings. The second kappa shape index (κ2) is 4.58. The second-order valence-electron chi connectivity index (χ2n) is 2.99. The minimum Gasteiger partial charge on any atom is -0.382 e. The van der Waals surface area contributed by atoms with Gasteiger partial charge in [-0.25, -0.2) is 9.97 Å². The highest BCUT2D eigenvalue weighted by Gasteiger charge is 2.04. The number of imidazole rings is 1. The third kappa shape index (κ3) is 2.37. The van der Waals surface area contributed by atoms with Gasteiger partial charge in [0.15, 0.2) is 5.11 Å². The Morgan fingerprint density at radius 2 is 2.38 bits per heavy atom. The molecular formula is C9H8BrN5S. The van der Waals surface area contributed by atoms with Gasteiger partial charge in [0.1, 0.15) is 12.1 Å². The number of hydrogen-bond donors (Lipinski definition) is 2. The van der Waals surface area contributed by atoms with E-state index in [0.29, 0.717) is 16.6 Å². The van der Waals surface area contributed by atoms with Crippen LogP contribution < -0.4 is 11.1 Å². The normalized spacial score (nSPS) is 10.1. The number of nitrogens with zero attached hydrogens (tertiary/aromatic N) is 3. The molecule has 0 aromatic carbocycles. The average Bonchev–Trinajstić information content (AvgIpc) is 2.76. The Morgan fingerprint density at radius 3 is 3.06 bits per heavy atom. The van der Waals surface area contributed by atoms with Gasteiger partial charge in [0, 0.05) is 23.1 Å². The maximum absolute atomic E-state index is 5.71. The van der Waals surface area contributed by atoms with Crippen molar-refractivity contribution < 1.29 is 0 Å². The molecule has 0 aliphatic heterocycles. The van der Waals surface area contributed by atoms with E-state index in [0.717, 1.165) is 4.47 Å². The Hall–Kier alpha value is -1.47. The molecule has 2 rings (SSSR count). The van der Waals surface area contributed by atoms with Gasteiger partial charge in [-0.2, -0.15) is 0 Å². The van der Waals surface area contributed by atoms with Crippen molar-refractivity contribution in [2.75, 3.05) is 11.1 Å². The van der Waals surface area contributed by atoms with Crippen molar-refractivity contribution in [2.24, 2.45) is 0 Å². The first-order chi connectivity index (χ1) is 7.66. The van der Waals surface area contributed by atoms with Gasteiger partial charge in [0.2, 0.25) is 0 Å². The van der Waals surface area contributed by atoms with Crippen molar-refractivity contribution in [3.05, 3.63) is 35.5 Å². The standard InChI is InChI=1S/C9H8BrN5S/c10-6-3-7(8(11)13-4-6)14-9(16)15-2-1-12-5-15/h1-5H,(H2,11,13)(H,14,16). The van der Waals surface area contributed by atoms with E-state index in [1.807, 2.05) is 6.07 Å². The van der Waals surface area contributed by atoms with E-state index in [2.05, 4.69) is 31.2 Å². The van der Waals surface area contributed by atoms with E-state index in [4.69, 9.17) is 18.0 Å². The van der Waals surface area contributed by atoms with Crippen molar-refractivity contribution in [1.82, 2.24) is 14.5 Å². The van der Waals surface area contributed by atoms with Crippen LogP contribution in [0.5, 0.6) is 0 Å². The Morgan fingerprint density at radius 1 is 1.56 bits per heavy atom. The van der Waals surface area contributed by atoms with Crippen LogP contribution in [0.1, 0.15) is 0 Å². The van der Waals surface area contributed by atoms with Gasteiger partial charge in [-0.3, -0.25) is 4.57 Å². The van der Waals surface area contributed by atoms with Crippen molar-refractivity contribution in [3.63, 3.8) is 0 Å². The van der Waals surface area contributed by atoms with E-state index in [1.54, 1.807) is 29.5 Å². The molecule has 7 heteroatoms. The van der Waals surface area contributed by atoms with Crippen LogP contribution in [0.25, 0.3) is 0 Å². The minimum absolute atomic E-state index is 0.394. The van der Waals surface area contributed by atoms with Gasteiger partial charge in [-0.1, -0.05) is 0 Å². The van der Waals surface area contributed by atoms with Crippen LogP contribution in [-0.2, 0) is 0 Å². The molecule has 0 unspecified atom stereocenters. The predicted octanol–water partition coefficient (Wildman–Crippen LogP) is 1.87. The third-order valence-electron chi connectivity index (χ3n) is 1.87. The summed E-state index contributed by atoms with van der Waals surface area (Å²) in [6.45, 7) is 0. The fourth-order valence-electron chi connectivity index (χ4n) is 1.11. The van der Waals surface area contributed by atoms with Crippen molar-refractivity contribution >= 4 is 44.8 Å². The maximum atomic E-state index is 5.71. The molecule has 0 saturated carbocycles. The number of rotatable bonds is 1. The quantitative estimate of drug-likeness (QED) is 0.787. The Kier molecular flexibility index (Phi) is 3.16. The molecule has 5 nitrogen and oxygen atoms in total. The summed E-state index contributed by atoms with van der Waals surface area (Å²) in [5.74, 6) is 0.394. The van der Waals surface area contributed by atoms with Crippen LogP contribution in [0.15, 0.2) is 35.5 Å². The van der Waals surface area contributed by atoms with Gasteiger partial charge in [-0.15, -0.1) is 0 Å². The summed E-state index contributed by atoms with van der Waals surface area (Å²) in [5.41, 5.74) is 6.37. The highest BCUT2D eigenvalue weighted by molar-refractivity contribution is 9.10. The molecule has 82 valence electrons. The smallest absolute Gasteiger partial charge is 0.183 e. The van der Waals surface area contributed by atoms with E-state index in [9.17, 15) is 0 Å². The Labute approximate surface area is 106 Å². The first-order valence-electron chi connectivity index (χ1n) is 4.37. The van der Waals surface area contributed by atoms with Gasteiger partial charge in [0.05, 0.1) is 5.69 Å². The summed E-state index contributed by atoms with van der Waals surface area (Å²) < 4.78 is 2.51. The zero-order valence-electron chi connectivity index (χ0n) is 8.09. The highest BCUT2D eigenvalue weighted by atomic mass is 79.9. The summed E-state index contributed by atoms with van der Waals surface area (Å²) >= 11 is 8.49. The van der Waals surface area contributed by atoms with Gasteiger partial charge in [-0.05, 0) is 34.2 Å². The van der Waals surface area contributed by atoms with Crippen LogP contribution in [0, 0.1) is 0 Å². The summed E-state index contributed by atoms with van der Waals surface area (Å²) in [6, 6.07) is 1.81. The molecule has 3 N–H and O–H groups in total. The van der Waals surface area contributed by atoms with Gasteiger partial charge in [0.25, 0.3) is 0 Å². The molecule has 2 aromatic rings. The third-order valence-corrected chi connectivity index (χ3v) is 2.61. The molecule has 0 atom stereocenters. The lowest BCUT2D eigenvalue weighted by atomic mass is 10.4. The number of hydrogen-bond acceptors (Lipinski definition) is 4. The van der Waals surface area contributed by atoms with E-state index in [1.165, 1.54) is 0 Å². The molecule has 0 radical (unpaired) electrons. The molecule has 0 saturated heterocycles. The molecule has 0 amide bonds. The van der Waals surface area contributed by atoms with E-state index >= 15 is 0 Å². The van der Waals surface area contributed by atoms with Crippen LogP contribution in [-0.4, -0.2) is 19.6 Å². The topological polar surface area (TPSA) is 68.8 Å². The van der Waals surface area contributed by atoms with Crippen LogP contribution in [0.2, 0.25) is 0 Å². The summed E-state index contributed by atoms with van der Waals surface area (Å²) in [4.78, 5) is 7.90. The first kappa shape index (κ1) is 11.0. The molecule has 2 aromatic heterocycles. The largest absolute Gasteiger partial charge is 0.382 e. The van der Waals surface area contributed by atoms with E-state index in [-0.39, 0.29) is 0 Å². The summed E-state index contributed by atoms with van der Waals surface area (Å²) in [5, 5.41) is 3.48. The lowest BCUT2D eigenvalue weighted by Gasteiger charge is -2.10. The lowest BCUT2D eigenvalue weighted by Crippen LogP contribution is -2.18. The van der Waals surface area contributed by atoms with Crippen LogP contribution >= 0.6 is 28.1 Å². The highest BCUT2D eigenvalue weighted by Crippen LogP contribution is 2.20. The molecule has 0 spiro atoms. The van der Waals surface area contributed by atoms with Gasteiger partial charge >= 0.3 is 0 Å². The fraction of sp³-hybridized carbons (Fsp3) is 0. The number of halogens is 1. The van der Waals surface area contributed by atoms with Crippen molar-refractivity contribution in [3.8, 4) is 0 Å².